The lowest BCUT2D eigenvalue weighted by atomic mass is 9.68. The maximum atomic E-state index is 11.8. The molecule has 6 nitrogen and oxygen atoms in total. The number of fused-ring (bicyclic) bond motifs is 1. The molecule has 0 radical (unpaired) electrons. The van der Waals surface area contributed by atoms with Crippen molar-refractivity contribution in [2.75, 3.05) is 0 Å². The largest absolute Gasteiger partial charge is 0.458 e. The first-order valence-electron chi connectivity index (χ1n) is 10.9. The average Bonchev–Trinajstić information content (AvgIpc) is 2.93. The molecule has 7 atom stereocenters. The van der Waals surface area contributed by atoms with E-state index in [-0.39, 0.29) is 23.2 Å². The fourth-order valence-corrected chi connectivity index (χ4v) is 5.31. The van der Waals surface area contributed by atoms with E-state index in [1.54, 1.807) is 6.08 Å². The summed E-state index contributed by atoms with van der Waals surface area (Å²) >= 11 is 0. The number of esters is 2. The molecule has 0 aromatic heterocycles. The lowest BCUT2D eigenvalue weighted by molar-refractivity contribution is -0.164. The summed E-state index contributed by atoms with van der Waals surface area (Å²) in [4.78, 5) is 23.5. The van der Waals surface area contributed by atoms with E-state index in [4.69, 9.17) is 9.47 Å². The van der Waals surface area contributed by atoms with E-state index >= 15 is 0 Å². The van der Waals surface area contributed by atoms with Gasteiger partial charge >= 0.3 is 11.9 Å². The van der Waals surface area contributed by atoms with Crippen LogP contribution in [0.2, 0.25) is 0 Å². The fraction of sp³-hybridized carbons (Fsp3) is 0.750. The van der Waals surface area contributed by atoms with Gasteiger partial charge in [-0.15, -0.1) is 0 Å². The van der Waals surface area contributed by atoms with Gasteiger partial charge in [0.25, 0.3) is 0 Å². The van der Waals surface area contributed by atoms with Crippen molar-refractivity contribution in [2.24, 2.45) is 23.2 Å². The Balaban J connectivity index is 2.53. The van der Waals surface area contributed by atoms with Gasteiger partial charge in [-0.3, -0.25) is 9.59 Å². The van der Waals surface area contributed by atoms with Crippen LogP contribution in [0, 0.1) is 23.2 Å². The van der Waals surface area contributed by atoms with Crippen LogP contribution in [0.25, 0.3) is 0 Å². The van der Waals surface area contributed by atoms with Crippen molar-refractivity contribution >= 4 is 11.9 Å². The van der Waals surface area contributed by atoms with Gasteiger partial charge in [0.05, 0.1) is 11.7 Å². The molecule has 1 fully saturated rings. The Hall–Kier alpha value is -1.66. The molecule has 2 aliphatic rings. The van der Waals surface area contributed by atoms with E-state index in [0.717, 1.165) is 18.4 Å². The van der Waals surface area contributed by atoms with Gasteiger partial charge in [0.15, 0.2) is 6.10 Å². The number of carbonyl (C=O) groups is 2. The highest BCUT2D eigenvalue weighted by Crippen LogP contribution is 2.54. The van der Waals surface area contributed by atoms with Gasteiger partial charge in [0, 0.05) is 19.8 Å². The summed E-state index contributed by atoms with van der Waals surface area (Å²) in [6.07, 6.45) is 5.86. The molecule has 30 heavy (non-hydrogen) atoms. The van der Waals surface area contributed by atoms with Gasteiger partial charge in [-0.2, -0.15) is 0 Å². The number of hydrogen-bond acceptors (Lipinski definition) is 6. The normalized spacial score (nSPS) is 37.6. The molecule has 2 N–H and O–H groups in total. The van der Waals surface area contributed by atoms with Crippen molar-refractivity contribution in [3.05, 3.63) is 23.8 Å². The Bertz CT molecular complexity index is 703. The Labute approximate surface area is 180 Å². The zero-order valence-corrected chi connectivity index (χ0v) is 19.3. The van der Waals surface area contributed by atoms with E-state index in [1.165, 1.54) is 13.8 Å². The molecule has 0 aliphatic heterocycles. The summed E-state index contributed by atoms with van der Waals surface area (Å²) in [5.74, 6) is -1.28. The van der Waals surface area contributed by atoms with Gasteiger partial charge in [-0.1, -0.05) is 31.6 Å². The summed E-state index contributed by atoms with van der Waals surface area (Å²) in [6.45, 7) is 12.2. The van der Waals surface area contributed by atoms with Crippen LogP contribution in [0.3, 0.4) is 0 Å². The highest BCUT2D eigenvalue weighted by molar-refractivity contribution is 5.67. The minimum Gasteiger partial charge on any atom is -0.458 e. The lowest BCUT2D eigenvalue weighted by Crippen LogP contribution is -2.43. The number of aliphatic hydroxyl groups is 2. The molecule has 0 aromatic carbocycles. The SMILES string of the molecule is CC(=O)OC1C=C(C)CC(O)C2C(C(C)(C)O)CCC2(C)C=CC(C)C1OC(C)=O. The summed E-state index contributed by atoms with van der Waals surface area (Å²) in [5, 5.41) is 22.0. The summed E-state index contributed by atoms with van der Waals surface area (Å²) in [7, 11) is 0. The lowest BCUT2D eigenvalue weighted by Gasteiger charge is -2.40. The Kier molecular flexibility index (Phi) is 7.57. The molecular formula is C24H38O6. The van der Waals surface area contributed by atoms with Crippen LogP contribution in [-0.2, 0) is 19.1 Å². The average molecular weight is 423 g/mol. The highest BCUT2D eigenvalue weighted by atomic mass is 16.6. The standard InChI is InChI=1S/C24H38O6/c1-14-12-19(27)21-18(23(5,6)28)9-11-24(21,7)10-8-15(2)22(30-17(4)26)20(13-14)29-16(3)25/h8,10,13,15,18-22,27-28H,9,11-12H2,1-7H3. The van der Waals surface area contributed by atoms with Crippen LogP contribution in [-0.4, -0.2) is 46.1 Å². The minimum absolute atomic E-state index is 0.0421. The molecule has 0 aromatic rings. The quantitative estimate of drug-likeness (QED) is 0.534. The first-order valence-corrected chi connectivity index (χ1v) is 10.9. The zero-order chi connectivity index (χ0) is 22.9. The number of aliphatic hydroxyl groups excluding tert-OH is 1. The van der Waals surface area contributed by atoms with E-state index in [0.29, 0.717) is 6.42 Å². The van der Waals surface area contributed by atoms with Gasteiger partial charge in [-0.25, -0.2) is 0 Å². The van der Waals surface area contributed by atoms with Gasteiger partial charge in [0.1, 0.15) is 6.10 Å². The molecule has 2 rings (SSSR count). The topological polar surface area (TPSA) is 93.1 Å². The molecule has 1 saturated carbocycles. The maximum Gasteiger partial charge on any atom is 0.303 e. The molecule has 2 aliphatic carbocycles. The van der Waals surface area contributed by atoms with Crippen LogP contribution in [0.5, 0.6) is 0 Å². The van der Waals surface area contributed by atoms with Crippen molar-refractivity contribution < 1.29 is 29.3 Å². The Morgan fingerprint density at radius 3 is 2.33 bits per heavy atom. The number of ether oxygens (including phenoxy) is 2. The maximum absolute atomic E-state index is 11.8. The van der Waals surface area contributed by atoms with E-state index in [1.807, 2.05) is 33.8 Å². The summed E-state index contributed by atoms with van der Waals surface area (Å²) in [5.41, 5.74) is -0.356. The first kappa shape index (κ1) is 24.6. The molecule has 0 saturated heterocycles. The predicted octanol–water partition coefficient (Wildman–Crippen LogP) is 3.56. The monoisotopic (exact) mass is 422 g/mol. The second-order valence-corrected chi connectivity index (χ2v) is 9.98. The van der Waals surface area contributed by atoms with Crippen molar-refractivity contribution in [1.29, 1.82) is 0 Å². The second-order valence-electron chi connectivity index (χ2n) is 9.98. The van der Waals surface area contributed by atoms with Crippen LogP contribution in [0.4, 0.5) is 0 Å². The number of carbonyl (C=O) groups excluding carboxylic acids is 2. The molecule has 6 heteroatoms. The third-order valence-corrected chi connectivity index (χ3v) is 6.72. The van der Waals surface area contributed by atoms with Crippen molar-refractivity contribution in [3.63, 3.8) is 0 Å². The highest BCUT2D eigenvalue weighted by Gasteiger charge is 2.51. The Morgan fingerprint density at radius 1 is 1.20 bits per heavy atom. The first-order chi connectivity index (χ1) is 13.7. The molecular weight excluding hydrogens is 384 g/mol. The van der Waals surface area contributed by atoms with E-state index < -0.39 is 35.9 Å². The molecule has 0 spiro atoms. The number of hydrogen-bond donors (Lipinski definition) is 2. The molecule has 7 unspecified atom stereocenters. The zero-order valence-electron chi connectivity index (χ0n) is 19.3. The summed E-state index contributed by atoms with van der Waals surface area (Å²) in [6, 6.07) is 0. The molecule has 170 valence electrons. The minimum atomic E-state index is -0.902. The van der Waals surface area contributed by atoms with E-state index in [2.05, 4.69) is 13.0 Å². The molecule has 0 heterocycles. The number of rotatable bonds is 3. The Morgan fingerprint density at radius 2 is 1.80 bits per heavy atom. The van der Waals surface area contributed by atoms with Crippen LogP contribution >= 0.6 is 0 Å². The fourth-order valence-electron chi connectivity index (χ4n) is 5.31. The van der Waals surface area contributed by atoms with Gasteiger partial charge < -0.3 is 19.7 Å². The van der Waals surface area contributed by atoms with Crippen molar-refractivity contribution in [3.8, 4) is 0 Å². The molecule has 0 amide bonds. The van der Waals surface area contributed by atoms with Crippen molar-refractivity contribution in [2.45, 2.75) is 91.6 Å². The van der Waals surface area contributed by atoms with Crippen LogP contribution < -0.4 is 0 Å². The van der Waals surface area contributed by atoms with Crippen molar-refractivity contribution in [1.82, 2.24) is 0 Å². The number of allylic oxidation sites excluding steroid dienone is 1. The van der Waals surface area contributed by atoms with E-state index in [9.17, 15) is 19.8 Å². The van der Waals surface area contributed by atoms with Crippen LogP contribution in [0.1, 0.15) is 67.7 Å². The molecule has 0 bridgehead atoms. The van der Waals surface area contributed by atoms with Crippen LogP contribution in [0.15, 0.2) is 23.8 Å². The van der Waals surface area contributed by atoms with Gasteiger partial charge in [-0.05, 0) is 63.4 Å². The van der Waals surface area contributed by atoms with Gasteiger partial charge in [0.2, 0.25) is 0 Å². The smallest absolute Gasteiger partial charge is 0.303 e. The third-order valence-electron chi connectivity index (χ3n) is 6.72. The predicted molar refractivity (Wildman–Crippen MR) is 114 cm³/mol. The third kappa shape index (κ3) is 5.73. The second kappa shape index (κ2) is 9.23. The summed E-state index contributed by atoms with van der Waals surface area (Å²) < 4.78 is 11.1.